The van der Waals surface area contributed by atoms with Crippen molar-refractivity contribution in [1.29, 1.82) is 5.26 Å². The third-order valence-corrected chi connectivity index (χ3v) is 3.68. The number of rotatable bonds is 3. The molecule has 0 aromatic heterocycles. The first-order chi connectivity index (χ1) is 9.37. The van der Waals surface area contributed by atoms with E-state index in [4.69, 9.17) is 0 Å². The van der Waals surface area contributed by atoms with Crippen molar-refractivity contribution in [2.45, 2.75) is 43.6 Å². The van der Waals surface area contributed by atoms with Crippen LogP contribution in [0.1, 0.15) is 31.2 Å². The molecule has 0 spiro atoms. The monoisotopic (exact) mass is 287 g/mol. The largest absolute Gasteiger partial charge is 0.435 e. The van der Waals surface area contributed by atoms with Gasteiger partial charge in [-0.3, -0.25) is 0 Å². The van der Waals surface area contributed by atoms with Crippen molar-refractivity contribution >= 4 is 0 Å². The van der Waals surface area contributed by atoms with Gasteiger partial charge in [0.15, 0.2) is 0 Å². The lowest BCUT2D eigenvalue weighted by molar-refractivity contribution is -0.0502. The Morgan fingerprint density at radius 3 is 2.05 bits per heavy atom. The van der Waals surface area contributed by atoms with Crippen molar-refractivity contribution < 1.29 is 22.3 Å². The molecule has 1 saturated carbocycles. The fourth-order valence-corrected chi connectivity index (χ4v) is 2.46. The normalized spacial score (nSPS) is 20.4. The van der Waals surface area contributed by atoms with Crippen LogP contribution in [0.5, 0.6) is 5.75 Å². The molecule has 6 heteroatoms. The van der Waals surface area contributed by atoms with Crippen LogP contribution in [0.2, 0.25) is 0 Å². The number of nitriles is 1. The number of hydrogen-bond donors (Lipinski definition) is 0. The highest BCUT2D eigenvalue weighted by molar-refractivity contribution is 5.37. The van der Waals surface area contributed by atoms with Gasteiger partial charge in [0.05, 0.1) is 11.5 Å². The molecule has 0 N–H and O–H groups in total. The molecule has 1 aliphatic carbocycles. The van der Waals surface area contributed by atoms with Crippen molar-refractivity contribution in [1.82, 2.24) is 0 Å². The van der Waals surface area contributed by atoms with Gasteiger partial charge in [-0.15, -0.1) is 0 Å². The molecule has 108 valence electrons. The summed E-state index contributed by atoms with van der Waals surface area (Å²) in [5.41, 5.74) is -0.400. The maximum atomic E-state index is 13.2. The Labute approximate surface area is 114 Å². The van der Waals surface area contributed by atoms with E-state index in [0.717, 1.165) is 0 Å². The van der Waals surface area contributed by atoms with Crippen LogP contribution >= 0.6 is 0 Å². The summed E-state index contributed by atoms with van der Waals surface area (Å²) in [6, 6.07) is 7.74. The second-order valence-corrected chi connectivity index (χ2v) is 4.95. The van der Waals surface area contributed by atoms with E-state index in [1.165, 1.54) is 24.3 Å². The molecule has 1 aliphatic rings. The molecule has 0 radical (unpaired) electrons. The van der Waals surface area contributed by atoms with Crippen LogP contribution in [0, 0.1) is 11.3 Å². The smallest absolute Gasteiger partial charge is 0.387 e. The zero-order chi connectivity index (χ0) is 14.8. The lowest BCUT2D eigenvalue weighted by Crippen LogP contribution is -2.35. The average Bonchev–Trinajstić information content (AvgIpc) is 2.40. The number of ether oxygens (including phenoxy) is 1. The van der Waals surface area contributed by atoms with E-state index < -0.39 is 17.9 Å². The molecule has 0 heterocycles. The van der Waals surface area contributed by atoms with Gasteiger partial charge < -0.3 is 4.74 Å². The van der Waals surface area contributed by atoms with Gasteiger partial charge in [-0.25, -0.2) is 8.78 Å². The Bertz CT molecular complexity index is 497. The minimum absolute atomic E-state index is 0.0158. The van der Waals surface area contributed by atoms with Gasteiger partial charge in [-0.05, 0) is 30.5 Å². The zero-order valence-electron chi connectivity index (χ0n) is 10.6. The first-order valence-electron chi connectivity index (χ1n) is 6.21. The van der Waals surface area contributed by atoms with Crippen molar-refractivity contribution in [3.8, 4) is 11.8 Å². The first kappa shape index (κ1) is 14.6. The van der Waals surface area contributed by atoms with E-state index in [2.05, 4.69) is 10.8 Å². The molecular formula is C14H13F4NO. The maximum absolute atomic E-state index is 13.2. The van der Waals surface area contributed by atoms with Crippen molar-refractivity contribution in [3.63, 3.8) is 0 Å². The standard InChI is InChI=1S/C14H13F4NO/c15-12(16)20-11-3-1-10(2-4-11)13(9-19)5-7-14(17,18)8-6-13/h1-4,12H,5-8H2. The van der Waals surface area contributed by atoms with Gasteiger partial charge in [-0.1, -0.05) is 12.1 Å². The van der Waals surface area contributed by atoms with Gasteiger partial charge in [0.2, 0.25) is 5.92 Å². The number of hydrogen-bond acceptors (Lipinski definition) is 2. The van der Waals surface area contributed by atoms with E-state index in [1.54, 1.807) is 0 Å². The van der Waals surface area contributed by atoms with E-state index in [0.29, 0.717) is 5.56 Å². The molecule has 0 amide bonds. The molecule has 2 nitrogen and oxygen atoms in total. The topological polar surface area (TPSA) is 33.0 Å². The van der Waals surface area contributed by atoms with Crippen LogP contribution in [0.25, 0.3) is 0 Å². The second-order valence-electron chi connectivity index (χ2n) is 4.95. The molecule has 2 rings (SSSR count). The minimum Gasteiger partial charge on any atom is -0.435 e. The van der Waals surface area contributed by atoms with Gasteiger partial charge in [0.1, 0.15) is 5.75 Å². The summed E-state index contributed by atoms with van der Waals surface area (Å²) < 4.78 is 54.7. The van der Waals surface area contributed by atoms with Crippen LogP contribution in [0.3, 0.4) is 0 Å². The molecule has 0 unspecified atom stereocenters. The summed E-state index contributed by atoms with van der Waals surface area (Å²) in [5.74, 6) is -2.74. The summed E-state index contributed by atoms with van der Waals surface area (Å²) in [6.45, 7) is -2.92. The summed E-state index contributed by atoms with van der Waals surface area (Å²) >= 11 is 0. The number of alkyl halides is 4. The number of halogens is 4. The molecule has 0 saturated heterocycles. The Morgan fingerprint density at radius 1 is 1.05 bits per heavy atom. The highest BCUT2D eigenvalue weighted by Gasteiger charge is 2.44. The fraction of sp³-hybridized carbons (Fsp3) is 0.500. The Balaban J connectivity index is 2.19. The van der Waals surface area contributed by atoms with Crippen LogP contribution in [-0.2, 0) is 5.41 Å². The van der Waals surface area contributed by atoms with Crippen LogP contribution < -0.4 is 4.74 Å². The lowest BCUT2D eigenvalue weighted by Gasteiger charge is -2.35. The Kier molecular flexibility index (Phi) is 3.89. The second kappa shape index (κ2) is 5.31. The Morgan fingerprint density at radius 2 is 1.60 bits per heavy atom. The number of nitrogens with zero attached hydrogens (tertiary/aromatic N) is 1. The molecular weight excluding hydrogens is 274 g/mol. The van der Waals surface area contributed by atoms with Crippen molar-refractivity contribution in [2.75, 3.05) is 0 Å². The van der Waals surface area contributed by atoms with Gasteiger partial charge in [0.25, 0.3) is 0 Å². The van der Waals surface area contributed by atoms with Crippen molar-refractivity contribution in [2.24, 2.45) is 0 Å². The predicted octanol–water partition coefficient (Wildman–Crippen LogP) is 4.26. The molecule has 1 aromatic rings. The van der Waals surface area contributed by atoms with Crippen molar-refractivity contribution in [3.05, 3.63) is 29.8 Å². The molecule has 0 aliphatic heterocycles. The van der Waals surface area contributed by atoms with Crippen LogP contribution in [0.15, 0.2) is 24.3 Å². The lowest BCUT2D eigenvalue weighted by atomic mass is 9.69. The SMILES string of the molecule is N#CC1(c2ccc(OC(F)F)cc2)CCC(F)(F)CC1. The molecule has 1 aromatic carbocycles. The average molecular weight is 287 g/mol. The summed E-state index contributed by atoms with van der Waals surface area (Å²) in [7, 11) is 0. The summed E-state index contributed by atoms with van der Waals surface area (Å²) in [6.07, 6.45) is -0.553. The molecule has 20 heavy (non-hydrogen) atoms. The minimum atomic E-state index is -2.92. The molecule has 0 bridgehead atoms. The maximum Gasteiger partial charge on any atom is 0.387 e. The van der Waals surface area contributed by atoms with Crippen LogP contribution in [0.4, 0.5) is 17.6 Å². The summed E-state index contributed by atoms with van der Waals surface area (Å²) in [4.78, 5) is 0. The Hall–Kier alpha value is -1.77. The van der Waals surface area contributed by atoms with Gasteiger partial charge in [-0.2, -0.15) is 14.0 Å². The third kappa shape index (κ3) is 3.03. The fourth-order valence-electron chi connectivity index (χ4n) is 2.46. The van der Waals surface area contributed by atoms with E-state index in [-0.39, 0.29) is 31.4 Å². The first-order valence-corrected chi connectivity index (χ1v) is 6.21. The van der Waals surface area contributed by atoms with Gasteiger partial charge in [0, 0.05) is 12.8 Å². The third-order valence-electron chi connectivity index (χ3n) is 3.68. The molecule has 0 atom stereocenters. The van der Waals surface area contributed by atoms with Gasteiger partial charge >= 0.3 is 6.61 Å². The summed E-state index contributed by atoms with van der Waals surface area (Å²) in [5, 5.41) is 9.33. The van der Waals surface area contributed by atoms with E-state index in [9.17, 15) is 22.8 Å². The predicted molar refractivity (Wildman–Crippen MR) is 63.8 cm³/mol. The van der Waals surface area contributed by atoms with Crippen LogP contribution in [-0.4, -0.2) is 12.5 Å². The number of benzene rings is 1. The zero-order valence-corrected chi connectivity index (χ0v) is 10.6. The quantitative estimate of drug-likeness (QED) is 0.778. The highest BCUT2D eigenvalue weighted by atomic mass is 19.3. The molecule has 1 fully saturated rings. The van der Waals surface area contributed by atoms with E-state index >= 15 is 0 Å². The van der Waals surface area contributed by atoms with E-state index in [1.807, 2.05) is 0 Å². The highest BCUT2D eigenvalue weighted by Crippen LogP contribution is 2.45.